The van der Waals surface area contributed by atoms with Gasteiger partial charge in [0.2, 0.25) is 11.9 Å². The Morgan fingerprint density at radius 2 is 1.58 bits per heavy atom. The lowest BCUT2D eigenvalue weighted by Crippen LogP contribution is -2.16. The lowest BCUT2D eigenvalue weighted by Gasteiger charge is -2.10. The van der Waals surface area contributed by atoms with Crippen LogP contribution in [0.2, 0.25) is 0 Å². The molecule has 38 heavy (non-hydrogen) atoms. The zero-order valence-electron chi connectivity index (χ0n) is 20.9. The van der Waals surface area contributed by atoms with Crippen molar-refractivity contribution in [2.75, 3.05) is 15.8 Å². The second-order valence-electron chi connectivity index (χ2n) is 8.47. The van der Waals surface area contributed by atoms with E-state index in [1.165, 1.54) is 24.3 Å². The van der Waals surface area contributed by atoms with Crippen molar-refractivity contribution in [1.82, 2.24) is 15.0 Å². The van der Waals surface area contributed by atoms with Crippen molar-refractivity contribution in [2.45, 2.75) is 30.7 Å². The maximum absolute atomic E-state index is 12.7. The number of nitriles is 1. The molecule has 2 heterocycles. The number of sulfonamides is 1. The molecule has 11 heteroatoms. The molecule has 0 aliphatic rings. The van der Waals surface area contributed by atoms with E-state index >= 15 is 0 Å². The third kappa shape index (κ3) is 6.73. The van der Waals surface area contributed by atoms with E-state index in [2.05, 4.69) is 31.1 Å². The molecular weight excluding hydrogens is 520 g/mol. The smallest absolute Gasteiger partial charge is 0.264 e. The Kier molecular flexibility index (Phi) is 8.05. The van der Waals surface area contributed by atoms with Gasteiger partial charge in [-0.15, -0.1) is 0 Å². The van der Waals surface area contributed by atoms with E-state index in [9.17, 15) is 18.5 Å². The number of benzene rings is 2. The van der Waals surface area contributed by atoms with Gasteiger partial charge in [0.05, 0.1) is 21.9 Å². The van der Waals surface area contributed by atoms with Crippen LogP contribution in [-0.4, -0.2) is 35.0 Å². The van der Waals surface area contributed by atoms with Crippen molar-refractivity contribution in [3.8, 4) is 17.3 Å². The Bertz CT molecular complexity index is 1610. The topological polar surface area (TPSA) is 138 Å². The molecule has 0 saturated carbocycles. The summed E-state index contributed by atoms with van der Waals surface area (Å²) in [6.07, 6.45) is 0. The number of nitrogens with zero attached hydrogens (tertiary/aromatic N) is 4. The maximum atomic E-state index is 12.7. The van der Waals surface area contributed by atoms with Gasteiger partial charge in [0, 0.05) is 22.6 Å². The number of hydrogen-bond donors (Lipinski definition) is 2. The molecule has 0 atom stereocenters. The first kappa shape index (κ1) is 26.8. The molecule has 0 aliphatic carbocycles. The molecule has 2 aromatic carbocycles. The van der Waals surface area contributed by atoms with Crippen LogP contribution in [0.1, 0.15) is 22.5 Å². The summed E-state index contributed by atoms with van der Waals surface area (Å²) in [5.74, 6) is -0.308. The Morgan fingerprint density at radius 1 is 0.921 bits per heavy atom. The van der Waals surface area contributed by atoms with Gasteiger partial charge in [-0.05, 0) is 63.2 Å². The van der Waals surface area contributed by atoms with Crippen LogP contribution >= 0.6 is 11.8 Å². The number of rotatable bonds is 8. The first-order valence-corrected chi connectivity index (χ1v) is 14.0. The van der Waals surface area contributed by atoms with Crippen molar-refractivity contribution in [3.05, 3.63) is 89.2 Å². The van der Waals surface area contributed by atoms with Crippen molar-refractivity contribution >= 4 is 39.3 Å². The fraction of sp³-hybridized carbons (Fsp3) is 0.148. The van der Waals surface area contributed by atoms with E-state index in [0.29, 0.717) is 33.4 Å². The third-order valence-electron chi connectivity index (χ3n) is 5.32. The van der Waals surface area contributed by atoms with Crippen molar-refractivity contribution in [3.63, 3.8) is 0 Å². The van der Waals surface area contributed by atoms with Gasteiger partial charge in [0.1, 0.15) is 11.1 Å². The zero-order valence-corrected chi connectivity index (χ0v) is 22.5. The maximum Gasteiger partial charge on any atom is 0.264 e. The molecule has 0 aliphatic heterocycles. The minimum absolute atomic E-state index is 0.00316. The van der Waals surface area contributed by atoms with Crippen molar-refractivity contribution in [2.24, 2.45) is 0 Å². The van der Waals surface area contributed by atoms with Crippen LogP contribution in [0.25, 0.3) is 11.3 Å². The van der Waals surface area contributed by atoms with Crippen LogP contribution in [0.3, 0.4) is 0 Å². The quantitative estimate of drug-likeness (QED) is 0.300. The van der Waals surface area contributed by atoms with Gasteiger partial charge in [-0.1, -0.05) is 41.6 Å². The van der Waals surface area contributed by atoms with Gasteiger partial charge in [0.25, 0.3) is 10.0 Å². The summed E-state index contributed by atoms with van der Waals surface area (Å²) in [5.41, 5.74) is 4.86. The van der Waals surface area contributed by atoms with Gasteiger partial charge >= 0.3 is 0 Å². The highest BCUT2D eigenvalue weighted by Gasteiger charge is 2.17. The SMILES string of the molecule is Cc1ccc(-c2ccc(C#N)c(SCC(=O)Nc3ccc(S(=O)(=O)Nc4nc(C)cc(C)n4)cc3)n2)cc1. The van der Waals surface area contributed by atoms with E-state index in [4.69, 9.17) is 0 Å². The van der Waals surface area contributed by atoms with Gasteiger partial charge in [-0.25, -0.2) is 28.1 Å². The largest absolute Gasteiger partial charge is 0.325 e. The highest BCUT2D eigenvalue weighted by molar-refractivity contribution is 8.00. The van der Waals surface area contributed by atoms with E-state index in [1.807, 2.05) is 31.2 Å². The molecule has 0 saturated heterocycles. The molecule has 2 N–H and O–H groups in total. The number of amides is 1. The zero-order chi connectivity index (χ0) is 27.3. The van der Waals surface area contributed by atoms with Crippen LogP contribution in [0.5, 0.6) is 0 Å². The van der Waals surface area contributed by atoms with Gasteiger partial charge < -0.3 is 5.32 Å². The molecule has 4 aromatic rings. The lowest BCUT2D eigenvalue weighted by molar-refractivity contribution is -0.113. The van der Waals surface area contributed by atoms with E-state index in [-0.39, 0.29) is 22.5 Å². The number of hydrogen-bond acceptors (Lipinski definition) is 8. The molecule has 0 radical (unpaired) electrons. The normalized spacial score (nSPS) is 11.0. The summed E-state index contributed by atoms with van der Waals surface area (Å²) in [6.45, 7) is 5.50. The molecule has 0 spiro atoms. The molecule has 9 nitrogen and oxygen atoms in total. The number of anilines is 2. The van der Waals surface area contributed by atoms with Gasteiger partial charge in [-0.3, -0.25) is 4.79 Å². The van der Waals surface area contributed by atoms with Crippen LogP contribution in [0.15, 0.2) is 76.7 Å². The Balaban J connectivity index is 1.40. The van der Waals surface area contributed by atoms with Crippen molar-refractivity contribution in [1.29, 1.82) is 5.26 Å². The average molecular weight is 545 g/mol. The number of aromatic nitrogens is 3. The third-order valence-corrected chi connectivity index (χ3v) is 7.66. The molecule has 4 rings (SSSR count). The standard InChI is InChI=1S/C27H24N6O3S2/c1-17-4-6-20(7-5-17)24-13-8-21(15-28)26(32-24)37-16-25(34)31-22-9-11-23(12-10-22)38(35,36)33-27-29-18(2)14-19(3)30-27/h4-14H,16H2,1-3H3,(H,31,34)(H,29,30,33). The predicted octanol–water partition coefficient (Wildman–Crippen LogP) is 4.87. The number of carbonyl (C=O) groups is 1. The molecule has 0 fully saturated rings. The minimum Gasteiger partial charge on any atom is -0.325 e. The van der Waals surface area contributed by atoms with E-state index in [0.717, 1.165) is 22.9 Å². The summed E-state index contributed by atoms with van der Waals surface area (Å²) in [4.78, 5) is 25.4. The van der Waals surface area contributed by atoms with Crippen molar-refractivity contribution < 1.29 is 13.2 Å². The summed E-state index contributed by atoms with van der Waals surface area (Å²) in [7, 11) is -3.91. The van der Waals surface area contributed by atoms with E-state index in [1.54, 1.807) is 32.0 Å². The first-order chi connectivity index (χ1) is 18.1. The fourth-order valence-electron chi connectivity index (χ4n) is 3.52. The second kappa shape index (κ2) is 11.4. The highest BCUT2D eigenvalue weighted by Crippen LogP contribution is 2.26. The second-order valence-corrected chi connectivity index (χ2v) is 11.1. The molecule has 1 amide bonds. The first-order valence-electron chi connectivity index (χ1n) is 11.5. The van der Waals surface area contributed by atoms with Gasteiger partial charge in [0.15, 0.2) is 0 Å². The monoisotopic (exact) mass is 544 g/mol. The number of aryl methyl sites for hydroxylation is 3. The molecule has 0 unspecified atom stereocenters. The number of thioether (sulfide) groups is 1. The Hall–Kier alpha value is -4.27. The Labute approximate surface area is 225 Å². The lowest BCUT2D eigenvalue weighted by atomic mass is 10.1. The van der Waals surface area contributed by atoms with E-state index < -0.39 is 10.0 Å². The highest BCUT2D eigenvalue weighted by atomic mass is 32.2. The Morgan fingerprint density at radius 3 is 2.21 bits per heavy atom. The van der Waals surface area contributed by atoms with Crippen LogP contribution in [0, 0.1) is 32.1 Å². The van der Waals surface area contributed by atoms with Gasteiger partial charge in [-0.2, -0.15) is 5.26 Å². The number of carbonyl (C=O) groups excluding carboxylic acids is 1. The average Bonchev–Trinajstić information content (AvgIpc) is 2.87. The summed E-state index contributed by atoms with van der Waals surface area (Å²) >= 11 is 1.16. The summed E-state index contributed by atoms with van der Waals surface area (Å²) in [5, 5.41) is 12.7. The fourth-order valence-corrected chi connectivity index (χ4v) is 5.24. The molecule has 2 aromatic heterocycles. The summed E-state index contributed by atoms with van der Waals surface area (Å²) < 4.78 is 27.8. The summed E-state index contributed by atoms with van der Waals surface area (Å²) in [6, 6.07) is 21.0. The molecule has 192 valence electrons. The number of pyridine rings is 1. The number of nitrogens with one attached hydrogen (secondary N) is 2. The predicted molar refractivity (Wildman–Crippen MR) is 147 cm³/mol. The molecule has 0 bridgehead atoms. The van der Waals surface area contributed by atoms with Crippen LogP contribution < -0.4 is 10.0 Å². The van der Waals surface area contributed by atoms with Crippen LogP contribution in [-0.2, 0) is 14.8 Å². The van der Waals surface area contributed by atoms with Crippen LogP contribution in [0.4, 0.5) is 11.6 Å². The minimum atomic E-state index is -3.91. The molecular formula is C27H24N6O3S2.